The molecule has 0 spiro atoms. The second-order valence-electron chi connectivity index (χ2n) is 4.73. The average Bonchev–Trinajstić information content (AvgIpc) is 2.41. The van der Waals surface area contributed by atoms with Crippen molar-refractivity contribution in [1.82, 2.24) is 9.71 Å². The van der Waals surface area contributed by atoms with E-state index in [1.165, 1.54) is 18.5 Å². The van der Waals surface area contributed by atoms with E-state index in [0.717, 1.165) is 5.56 Å². The van der Waals surface area contributed by atoms with E-state index in [1.54, 1.807) is 19.1 Å². The van der Waals surface area contributed by atoms with Crippen molar-refractivity contribution >= 4 is 21.6 Å². The standard InChI is InChI=1S/C14H15ClN2O3S/c1-10(8-11-2-4-12(15)5-3-11)17-21(19,20)14-9-16-7-6-13(14)18/h2-7,9-10,17H,8H2,1H3,(H,16,18). The highest BCUT2D eigenvalue weighted by Crippen LogP contribution is 2.12. The van der Waals surface area contributed by atoms with Crippen LogP contribution in [0.15, 0.2) is 52.4 Å². The largest absolute Gasteiger partial charge is 0.366 e. The van der Waals surface area contributed by atoms with Gasteiger partial charge in [-0.25, -0.2) is 13.1 Å². The molecule has 2 aromatic rings. The third kappa shape index (κ3) is 4.17. The average molecular weight is 327 g/mol. The van der Waals surface area contributed by atoms with Gasteiger partial charge in [-0.15, -0.1) is 0 Å². The normalized spacial score (nSPS) is 13.0. The van der Waals surface area contributed by atoms with Crippen LogP contribution in [-0.2, 0) is 16.4 Å². The minimum atomic E-state index is -3.84. The highest BCUT2D eigenvalue weighted by Gasteiger charge is 2.20. The maximum Gasteiger partial charge on any atom is 0.246 e. The van der Waals surface area contributed by atoms with Crippen molar-refractivity contribution in [2.75, 3.05) is 0 Å². The number of benzene rings is 1. The summed E-state index contributed by atoms with van der Waals surface area (Å²) in [5, 5.41) is 0.628. The van der Waals surface area contributed by atoms with Gasteiger partial charge in [0.05, 0.1) is 0 Å². The molecule has 1 unspecified atom stereocenters. The van der Waals surface area contributed by atoms with Crippen LogP contribution >= 0.6 is 11.6 Å². The lowest BCUT2D eigenvalue weighted by atomic mass is 10.1. The SMILES string of the molecule is CC(Cc1ccc(Cl)cc1)NS(=O)(=O)c1c[nH]ccc1=O. The Morgan fingerprint density at radius 3 is 2.52 bits per heavy atom. The summed E-state index contributed by atoms with van der Waals surface area (Å²) < 4.78 is 26.8. The summed E-state index contributed by atoms with van der Waals surface area (Å²) in [5.74, 6) is 0. The number of sulfonamides is 1. The van der Waals surface area contributed by atoms with E-state index in [4.69, 9.17) is 11.6 Å². The second-order valence-corrected chi connectivity index (χ2v) is 6.84. The summed E-state index contributed by atoms with van der Waals surface area (Å²) in [4.78, 5) is 13.9. The summed E-state index contributed by atoms with van der Waals surface area (Å²) >= 11 is 5.80. The molecule has 0 aliphatic heterocycles. The first-order valence-corrected chi connectivity index (χ1v) is 8.18. The minimum Gasteiger partial charge on any atom is -0.366 e. The van der Waals surface area contributed by atoms with Crippen molar-refractivity contribution < 1.29 is 8.42 Å². The Bertz CT molecular complexity index is 769. The number of halogens is 1. The summed E-state index contributed by atoms with van der Waals surface area (Å²) in [5.41, 5.74) is 0.413. The Hall–Kier alpha value is -1.63. The number of aromatic amines is 1. The topological polar surface area (TPSA) is 79.0 Å². The van der Waals surface area contributed by atoms with Gasteiger partial charge in [-0.1, -0.05) is 23.7 Å². The van der Waals surface area contributed by atoms with Gasteiger partial charge in [-0.2, -0.15) is 0 Å². The molecule has 0 saturated carbocycles. The van der Waals surface area contributed by atoms with Crippen molar-refractivity contribution in [1.29, 1.82) is 0 Å². The Kier molecular flexibility index (Phi) is 4.82. The molecule has 2 rings (SSSR count). The number of hydrogen-bond donors (Lipinski definition) is 2. The van der Waals surface area contributed by atoms with Crippen LogP contribution in [0.3, 0.4) is 0 Å². The van der Waals surface area contributed by atoms with Crippen LogP contribution in [0.5, 0.6) is 0 Å². The number of H-pyrrole nitrogens is 1. The fourth-order valence-corrected chi connectivity index (χ4v) is 3.38. The lowest BCUT2D eigenvalue weighted by Gasteiger charge is -2.14. The first kappa shape index (κ1) is 15.8. The second kappa shape index (κ2) is 6.43. The highest BCUT2D eigenvalue weighted by molar-refractivity contribution is 7.89. The van der Waals surface area contributed by atoms with Crippen molar-refractivity contribution in [2.24, 2.45) is 0 Å². The van der Waals surface area contributed by atoms with Gasteiger partial charge in [0, 0.05) is 29.5 Å². The Morgan fingerprint density at radius 1 is 1.24 bits per heavy atom. The zero-order valence-electron chi connectivity index (χ0n) is 11.3. The van der Waals surface area contributed by atoms with Crippen molar-refractivity contribution in [3.05, 3.63) is 63.5 Å². The molecule has 0 fully saturated rings. The Labute approximate surface area is 128 Å². The monoisotopic (exact) mass is 326 g/mol. The first-order chi connectivity index (χ1) is 9.88. The van der Waals surface area contributed by atoms with E-state index in [9.17, 15) is 13.2 Å². The molecule has 1 aromatic heterocycles. The molecule has 1 aromatic carbocycles. The zero-order valence-corrected chi connectivity index (χ0v) is 12.9. The zero-order chi connectivity index (χ0) is 15.5. The molecule has 0 saturated heterocycles. The highest BCUT2D eigenvalue weighted by atomic mass is 35.5. The first-order valence-electron chi connectivity index (χ1n) is 6.32. The third-order valence-electron chi connectivity index (χ3n) is 2.89. The van der Waals surface area contributed by atoms with E-state index in [2.05, 4.69) is 9.71 Å². The van der Waals surface area contributed by atoms with E-state index >= 15 is 0 Å². The van der Waals surface area contributed by atoms with Crippen LogP contribution in [0, 0.1) is 0 Å². The fourth-order valence-electron chi connectivity index (χ4n) is 1.95. The van der Waals surface area contributed by atoms with Gasteiger partial charge in [-0.05, 0) is 31.0 Å². The Morgan fingerprint density at radius 2 is 1.90 bits per heavy atom. The van der Waals surface area contributed by atoms with E-state index < -0.39 is 15.5 Å². The van der Waals surface area contributed by atoms with Gasteiger partial charge in [-0.3, -0.25) is 4.79 Å². The molecule has 2 N–H and O–H groups in total. The summed E-state index contributed by atoms with van der Waals surface area (Å²) in [6.07, 6.45) is 3.07. The molecular formula is C14H15ClN2O3S. The molecule has 21 heavy (non-hydrogen) atoms. The summed E-state index contributed by atoms with van der Waals surface area (Å²) in [6, 6.07) is 8.00. The number of pyridine rings is 1. The van der Waals surface area contributed by atoms with Crippen LogP contribution < -0.4 is 10.2 Å². The quantitative estimate of drug-likeness (QED) is 0.881. The molecular weight excluding hydrogens is 312 g/mol. The molecule has 7 heteroatoms. The Balaban J connectivity index is 2.12. The van der Waals surface area contributed by atoms with Gasteiger partial charge in [0.25, 0.3) is 0 Å². The molecule has 0 bridgehead atoms. The van der Waals surface area contributed by atoms with E-state index in [-0.39, 0.29) is 10.9 Å². The molecule has 0 amide bonds. The summed E-state index contributed by atoms with van der Waals surface area (Å²) in [6.45, 7) is 1.74. The molecule has 0 aliphatic rings. The van der Waals surface area contributed by atoms with Gasteiger partial charge >= 0.3 is 0 Å². The van der Waals surface area contributed by atoms with Crippen LogP contribution in [0.4, 0.5) is 0 Å². The van der Waals surface area contributed by atoms with Crippen LogP contribution in [0.1, 0.15) is 12.5 Å². The van der Waals surface area contributed by atoms with Crippen molar-refractivity contribution in [2.45, 2.75) is 24.3 Å². The van der Waals surface area contributed by atoms with Crippen LogP contribution in [0.2, 0.25) is 5.02 Å². The van der Waals surface area contributed by atoms with Gasteiger partial charge in [0.1, 0.15) is 4.90 Å². The third-order valence-corrected chi connectivity index (χ3v) is 4.75. The number of nitrogens with one attached hydrogen (secondary N) is 2. The molecule has 5 nitrogen and oxygen atoms in total. The number of aromatic nitrogens is 1. The summed E-state index contributed by atoms with van der Waals surface area (Å²) in [7, 11) is -3.84. The van der Waals surface area contributed by atoms with Gasteiger partial charge in [0.2, 0.25) is 15.5 Å². The van der Waals surface area contributed by atoms with Gasteiger partial charge < -0.3 is 4.98 Å². The predicted octanol–water partition coefficient (Wildman–Crippen LogP) is 1.94. The molecule has 1 atom stereocenters. The number of hydrogen-bond acceptors (Lipinski definition) is 3. The number of rotatable bonds is 5. The van der Waals surface area contributed by atoms with E-state index in [0.29, 0.717) is 11.4 Å². The lowest BCUT2D eigenvalue weighted by Crippen LogP contribution is -2.36. The molecule has 0 radical (unpaired) electrons. The molecule has 0 aliphatic carbocycles. The fraction of sp³-hybridized carbons (Fsp3) is 0.214. The predicted molar refractivity (Wildman–Crippen MR) is 82.0 cm³/mol. The maximum absolute atomic E-state index is 12.2. The van der Waals surface area contributed by atoms with E-state index in [1.807, 2.05) is 12.1 Å². The lowest BCUT2D eigenvalue weighted by molar-refractivity contribution is 0.558. The van der Waals surface area contributed by atoms with Crippen molar-refractivity contribution in [3.8, 4) is 0 Å². The smallest absolute Gasteiger partial charge is 0.246 e. The van der Waals surface area contributed by atoms with Crippen LogP contribution in [-0.4, -0.2) is 19.4 Å². The molecule has 1 heterocycles. The molecule has 112 valence electrons. The van der Waals surface area contributed by atoms with Gasteiger partial charge in [0.15, 0.2) is 0 Å². The van der Waals surface area contributed by atoms with Crippen LogP contribution in [0.25, 0.3) is 0 Å². The minimum absolute atomic E-state index is 0.284. The van der Waals surface area contributed by atoms with Crippen molar-refractivity contribution in [3.63, 3.8) is 0 Å². The maximum atomic E-state index is 12.2.